The summed E-state index contributed by atoms with van der Waals surface area (Å²) in [6, 6.07) is 2.70. The lowest BCUT2D eigenvalue weighted by Crippen LogP contribution is -2.28. The summed E-state index contributed by atoms with van der Waals surface area (Å²) in [6.45, 7) is 6.45. The summed E-state index contributed by atoms with van der Waals surface area (Å²) in [7, 11) is 0. The van der Waals surface area contributed by atoms with Gasteiger partial charge in [-0.3, -0.25) is 0 Å². The SMILES string of the molecule is CCC(C)NC(C)c1occc1Br. The second-order valence-electron chi connectivity index (χ2n) is 3.33. The van der Waals surface area contributed by atoms with Crippen LogP contribution in [0, 0.1) is 0 Å². The van der Waals surface area contributed by atoms with Crippen LogP contribution in [-0.4, -0.2) is 6.04 Å². The summed E-state index contributed by atoms with van der Waals surface area (Å²) in [6.07, 6.45) is 2.83. The Balaban J connectivity index is 2.58. The van der Waals surface area contributed by atoms with Crippen LogP contribution in [0.15, 0.2) is 21.2 Å². The van der Waals surface area contributed by atoms with Gasteiger partial charge in [0.1, 0.15) is 5.76 Å². The van der Waals surface area contributed by atoms with Crippen molar-refractivity contribution in [3.8, 4) is 0 Å². The first-order valence-electron chi connectivity index (χ1n) is 4.64. The molecule has 2 atom stereocenters. The van der Waals surface area contributed by atoms with E-state index in [1.54, 1.807) is 6.26 Å². The third-order valence-electron chi connectivity index (χ3n) is 2.18. The van der Waals surface area contributed by atoms with Gasteiger partial charge in [0.05, 0.1) is 16.8 Å². The van der Waals surface area contributed by atoms with Gasteiger partial charge in [-0.2, -0.15) is 0 Å². The molecule has 2 unspecified atom stereocenters. The summed E-state index contributed by atoms with van der Waals surface area (Å²) >= 11 is 3.44. The van der Waals surface area contributed by atoms with Gasteiger partial charge in [-0.05, 0) is 42.3 Å². The van der Waals surface area contributed by atoms with E-state index in [1.165, 1.54) is 0 Å². The predicted octanol–water partition coefficient (Wildman–Crippen LogP) is 3.49. The fourth-order valence-electron chi connectivity index (χ4n) is 1.23. The topological polar surface area (TPSA) is 25.2 Å². The van der Waals surface area contributed by atoms with Crippen molar-refractivity contribution in [2.75, 3.05) is 0 Å². The molecule has 1 aromatic heterocycles. The Hall–Kier alpha value is -0.280. The van der Waals surface area contributed by atoms with Crippen molar-refractivity contribution in [2.24, 2.45) is 0 Å². The lowest BCUT2D eigenvalue weighted by atomic mass is 10.2. The highest BCUT2D eigenvalue weighted by Gasteiger charge is 2.13. The molecular formula is C10H16BrNO. The first kappa shape index (κ1) is 10.8. The number of furan rings is 1. The zero-order valence-corrected chi connectivity index (χ0v) is 9.89. The quantitative estimate of drug-likeness (QED) is 0.879. The molecule has 1 N–H and O–H groups in total. The van der Waals surface area contributed by atoms with Gasteiger partial charge in [-0.15, -0.1) is 0 Å². The average Bonchev–Trinajstić information content (AvgIpc) is 2.51. The third-order valence-corrected chi connectivity index (χ3v) is 2.84. The molecule has 0 aliphatic heterocycles. The molecule has 0 bridgehead atoms. The van der Waals surface area contributed by atoms with Crippen molar-refractivity contribution in [3.05, 3.63) is 22.6 Å². The number of halogens is 1. The maximum absolute atomic E-state index is 5.36. The summed E-state index contributed by atoms with van der Waals surface area (Å²) in [5, 5.41) is 3.45. The monoisotopic (exact) mass is 245 g/mol. The molecule has 0 spiro atoms. The molecule has 2 nitrogen and oxygen atoms in total. The molecule has 0 amide bonds. The summed E-state index contributed by atoms with van der Waals surface area (Å²) in [5.41, 5.74) is 0. The lowest BCUT2D eigenvalue weighted by Gasteiger charge is -2.17. The second kappa shape index (κ2) is 4.82. The Kier molecular flexibility index (Phi) is 4.00. The maximum atomic E-state index is 5.36. The van der Waals surface area contributed by atoms with Gasteiger partial charge in [-0.1, -0.05) is 6.92 Å². The van der Waals surface area contributed by atoms with Gasteiger partial charge in [0.15, 0.2) is 0 Å². The highest BCUT2D eigenvalue weighted by molar-refractivity contribution is 9.10. The molecule has 13 heavy (non-hydrogen) atoms. The average molecular weight is 246 g/mol. The van der Waals surface area contributed by atoms with Crippen molar-refractivity contribution in [2.45, 2.75) is 39.3 Å². The van der Waals surface area contributed by atoms with Crippen LogP contribution in [0.4, 0.5) is 0 Å². The molecule has 1 rings (SSSR count). The Labute approximate surface area is 87.8 Å². The fourth-order valence-corrected chi connectivity index (χ4v) is 1.78. The minimum Gasteiger partial charge on any atom is -0.466 e. The standard InChI is InChI=1S/C10H16BrNO/c1-4-7(2)12-8(3)10-9(11)5-6-13-10/h5-8,12H,4H2,1-3H3. The Morgan fingerprint density at radius 1 is 1.54 bits per heavy atom. The molecule has 1 aromatic rings. The van der Waals surface area contributed by atoms with Crippen LogP contribution in [-0.2, 0) is 0 Å². The summed E-state index contributed by atoms with van der Waals surface area (Å²) < 4.78 is 6.40. The van der Waals surface area contributed by atoms with Gasteiger partial charge in [0, 0.05) is 6.04 Å². The number of hydrogen-bond acceptors (Lipinski definition) is 2. The van der Waals surface area contributed by atoms with E-state index in [-0.39, 0.29) is 6.04 Å². The molecule has 0 radical (unpaired) electrons. The minimum absolute atomic E-state index is 0.263. The lowest BCUT2D eigenvalue weighted by molar-refractivity contribution is 0.392. The van der Waals surface area contributed by atoms with Gasteiger partial charge < -0.3 is 9.73 Å². The van der Waals surface area contributed by atoms with Crippen LogP contribution >= 0.6 is 15.9 Å². The number of rotatable bonds is 4. The van der Waals surface area contributed by atoms with Crippen molar-refractivity contribution in [1.29, 1.82) is 0 Å². The largest absolute Gasteiger partial charge is 0.466 e. The van der Waals surface area contributed by atoms with E-state index in [9.17, 15) is 0 Å². The van der Waals surface area contributed by atoms with Crippen molar-refractivity contribution in [1.82, 2.24) is 5.32 Å². The summed E-state index contributed by atoms with van der Waals surface area (Å²) in [4.78, 5) is 0. The minimum atomic E-state index is 0.263. The normalized spacial score (nSPS) is 15.7. The van der Waals surface area contributed by atoms with Gasteiger partial charge in [0.2, 0.25) is 0 Å². The van der Waals surface area contributed by atoms with Crippen molar-refractivity contribution >= 4 is 15.9 Å². The Morgan fingerprint density at radius 2 is 2.23 bits per heavy atom. The second-order valence-corrected chi connectivity index (χ2v) is 4.18. The van der Waals surface area contributed by atoms with Crippen LogP contribution in [0.1, 0.15) is 39.0 Å². The van der Waals surface area contributed by atoms with E-state index < -0.39 is 0 Å². The predicted molar refractivity (Wildman–Crippen MR) is 57.7 cm³/mol. The van der Waals surface area contributed by atoms with Gasteiger partial charge >= 0.3 is 0 Å². The third kappa shape index (κ3) is 2.85. The van der Waals surface area contributed by atoms with Crippen molar-refractivity contribution < 1.29 is 4.42 Å². The first-order valence-corrected chi connectivity index (χ1v) is 5.43. The number of nitrogens with one attached hydrogen (secondary N) is 1. The molecule has 1 heterocycles. The highest BCUT2D eigenvalue weighted by Crippen LogP contribution is 2.24. The molecule has 0 fully saturated rings. The maximum Gasteiger partial charge on any atom is 0.134 e. The van der Waals surface area contributed by atoms with Gasteiger partial charge in [0.25, 0.3) is 0 Å². The van der Waals surface area contributed by atoms with E-state index in [4.69, 9.17) is 4.42 Å². The molecule has 3 heteroatoms. The zero-order valence-electron chi connectivity index (χ0n) is 8.30. The van der Waals surface area contributed by atoms with E-state index >= 15 is 0 Å². The molecule has 0 aliphatic carbocycles. The zero-order chi connectivity index (χ0) is 9.84. The highest BCUT2D eigenvalue weighted by atomic mass is 79.9. The van der Waals surface area contributed by atoms with E-state index in [1.807, 2.05) is 6.07 Å². The Morgan fingerprint density at radius 3 is 2.69 bits per heavy atom. The van der Waals surface area contributed by atoms with E-state index in [0.717, 1.165) is 16.7 Å². The van der Waals surface area contributed by atoms with Crippen LogP contribution < -0.4 is 5.32 Å². The fraction of sp³-hybridized carbons (Fsp3) is 0.600. The van der Waals surface area contributed by atoms with Crippen LogP contribution in [0.25, 0.3) is 0 Å². The van der Waals surface area contributed by atoms with Crippen LogP contribution in [0.5, 0.6) is 0 Å². The smallest absolute Gasteiger partial charge is 0.134 e. The molecule has 0 aliphatic rings. The van der Waals surface area contributed by atoms with Crippen LogP contribution in [0.2, 0.25) is 0 Å². The van der Waals surface area contributed by atoms with E-state index in [0.29, 0.717) is 6.04 Å². The molecule has 0 saturated heterocycles. The first-order chi connectivity index (χ1) is 6.15. The Bertz CT molecular complexity index is 259. The van der Waals surface area contributed by atoms with Gasteiger partial charge in [-0.25, -0.2) is 0 Å². The van der Waals surface area contributed by atoms with Crippen molar-refractivity contribution in [3.63, 3.8) is 0 Å². The van der Waals surface area contributed by atoms with E-state index in [2.05, 4.69) is 42.0 Å². The molecule has 0 aromatic carbocycles. The summed E-state index contributed by atoms with van der Waals surface area (Å²) in [5.74, 6) is 0.973. The molecule has 0 saturated carbocycles. The number of hydrogen-bond donors (Lipinski definition) is 1. The molecular weight excluding hydrogens is 230 g/mol. The van der Waals surface area contributed by atoms with Crippen LogP contribution in [0.3, 0.4) is 0 Å². The molecule has 74 valence electrons.